The number of amides is 1. The van der Waals surface area contributed by atoms with Crippen LogP contribution in [0, 0.1) is 0 Å². The maximum absolute atomic E-state index is 12.5. The highest BCUT2D eigenvalue weighted by Crippen LogP contribution is 2.36. The Hall–Kier alpha value is -0.560. The number of methoxy groups -OCH3 is 1. The van der Waals surface area contributed by atoms with Gasteiger partial charge in [0.05, 0.1) is 10.5 Å². The molecule has 1 aliphatic heterocycles. The summed E-state index contributed by atoms with van der Waals surface area (Å²) in [6, 6.07) is 0. The molecule has 1 fully saturated rings. The number of hydrogen-bond donors (Lipinski definition) is 0. The molecular weight excluding hydrogens is 418 g/mol. The van der Waals surface area contributed by atoms with Gasteiger partial charge in [0.2, 0.25) is 0 Å². The lowest BCUT2D eigenvalue weighted by Gasteiger charge is -2.36. The van der Waals surface area contributed by atoms with E-state index in [0.717, 1.165) is 9.81 Å². The molecule has 0 bridgehead atoms. The third-order valence-corrected chi connectivity index (χ3v) is 4.17. The SMILES string of the molecule is COC(=O)C1(CCC=C(Br)Br)CCCN1C(=O)OC(C)(C)C. The lowest BCUT2D eigenvalue weighted by atomic mass is 9.90. The average Bonchev–Trinajstić information content (AvgIpc) is 2.80. The predicted octanol–water partition coefficient (Wildman–Crippen LogP) is 4.34. The number of likely N-dealkylation sites (tertiary alicyclic amines) is 1. The second kappa shape index (κ2) is 7.81. The van der Waals surface area contributed by atoms with Crippen LogP contribution in [0.5, 0.6) is 0 Å². The number of carbonyl (C=O) groups excluding carboxylic acids is 2. The van der Waals surface area contributed by atoms with Crippen molar-refractivity contribution in [2.24, 2.45) is 0 Å². The van der Waals surface area contributed by atoms with Gasteiger partial charge in [-0.2, -0.15) is 0 Å². The van der Waals surface area contributed by atoms with Gasteiger partial charge in [-0.15, -0.1) is 0 Å². The number of carbonyl (C=O) groups is 2. The van der Waals surface area contributed by atoms with Gasteiger partial charge in [0.1, 0.15) is 11.1 Å². The number of ether oxygens (including phenoxy) is 2. The summed E-state index contributed by atoms with van der Waals surface area (Å²) in [6.45, 7) is 5.94. The zero-order valence-electron chi connectivity index (χ0n) is 13.4. The van der Waals surface area contributed by atoms with E-state index in [1.54, 1.807) is 0 Å². The van der Waals surface area contributed by atoms with E-state index in [1.807, 2.05) is 26.8 Å². The van der Waals surface area contributed by atoms with E-state index in [1.165, 1.54) is 12.0 Å². The van der Waals surface area contributed by atoms with Crippen LogP contribution in [0.3, 0.4) is 0 Å². The first-order chi connectivity index (χ1) is 10.1. The van der Waals surface area contributed by atoms with E-state index in [2.05, 4.69) is 31.9 Å². The van der Waals surface area contributed by atoms with Gasteiger partial charge in [-0.25, -0.2) is 9.59 Å². The van der Waals surface area contributed by atoms with Crippen LogP contribution in [0.2, 0.25) is 0 Å². The Morgan fingerprint density at radius 3 is 2.45 bits per heavy atom. The van der Waals surface area contributed by atoms with Crippen molar-refractivity contribution in [1.29, 1.82) is 0 Å². The number of hydrogen-bond acceptors (Lipinski definition) is 4. The van der Waals surface area contributed by atoms with Crippen LogP contribution in [-0.4, -0.2) is 41.8 Å². The van der Waals surface area contributed by atoms with E-state index >= 15 is 0 Å². The summed E-state index contributed by atoms with van der Waals surface area (Å²) in [5.41, 5.74) is -1.54. The molecule has 1 aliphatic rings. The highest BCUT2D eigenvalue weighted by atomic mass is 79.9. The summed E-state index contributed by atoms with van der Waals surface area (Å²) in [6.07, 6.45) is 3.94. The monoisotopic (exact) mass is 439 g/mol. The van der Waals surface area contributed by atoms with Crippen LogP contribution in [-0.2, 0) is 14.3 Å². The molecule has 1 saturated heterocycles. The highest BCUT2D eigenvalue weighted by Gasteiger charge is 2.51. The van der Waals surface area contributed by atoms with Crippen LogP contribution < -0.4 is 0 Å². The fourth-order valence-electron chi connectivity index (χ4n) is 2.65. The largest absolute Gasteiger partial charge is 0.467 e. The normalized spacial score (nSPS) is 21.5. The van der Waals surface area contributed by atoms with Gasteiger partial charge in [0, 0.05) is 6.54 Å². The Morgan fingerprint density at radius 2 is 1.95 bits per heavy atom. The second-order valence-corrected chi connectivity index (χ2v) is 9.06. The first-order valence-corrected chi connectivity index (χ1v) is 8.81. The number of rotatable bonds is 4. The fourth-order valence-corrected chi connectivity index (χ4v) is 3.10. The summed E-state index contributed by atoms with van der Waals surface area (Å²) in [7, 11) is 1.35. The topological polar surface area (TPSA) is 55.8 Å². The van der Waals surface area contributed by atoms with Gasteiger partial charge in [-0.3, -0.25) is 4.90 Å². The Morgan fingerprint density at radius 1 is 1.32 bits per heavy atom. The molecule has 1 unspecified atom stereocenters. The highest BCUT2D eigenvalue weighted by molar-refractivity contribution is 9.28. The van der Waals surface area contributed by atoms with Crippen molar-refractivity contribution in [3.63, 3.8) is 0 Å². The van der Waals surface area contributed by atoms with Gasteiger partial charge >= 0.3 is 12.1 Å². The van der Waals surface area contributed by atoms with Crippen molar-refractivity contribution >= 4 is 43.9 Å². The van der Waals surface area contributed by atoms with Crippen molar-refractivity contribution in [2.45, 2.75) is 57.6 Å². The van der Waals surface area contributed by atoms with E-state index in [4.69, 9.17) is 9.47 Å². The third-order valence-electron chi connectivity index (χ3n) is 3.52. The third kappa shape index (κ3) is 4.98. The van der Waals surface area contributed by atoms with Crippen LogP contribution in [0.1, 0.15) is 46.5 Å². The van der Waals surface area contributed by atoms with E-state index < -0.39 is 17.2 Å². The maximum atomic E-state index is 12.5. The molecule has 0 aromatic carbocycles. The first-order valence-electron chi connectivity index (χ1n) is 7.22. The zero-order chi connectivity index (χ0) is 17.0. The van der Waals surface area contributed by atoms with Crippen molar-refractivity contribution in [2.75, 3.05) is 13.7 Å². The average molecular weight is 441 g/mol. The summed E-state index contributed by atoms with van der Waals surface area (Å²) < 4.78 is 11.2. The van der Waals surface area contributed by atoms with Gasteiger partial charge in [0.25, 0.3) is 0 Å². The Kier molecular flexibility index (Phi) is 6.92. The molecule has 1 atom stereocenters. The van der Waals surface area contributed by atoms with E-state index in [-0.39, 0.29) is 5.97 Å². The molecule has 1 amide bonds. The number of allylic oxidation sites excluding steroid dienone is 1. The zero-order valence-corrected chi connectivity index (χ0v) is 16.6. The molecule has 0 aromatic heterocycles. The fraction of sp³-hybridized carbons (Fsp3) is 0.733. The summed E-state index contributed by atoms with van der Waals surface area (Å²) in [4.78, 5) is 26.4. The van der Waals surface area contributed by atoms with Gasteiger partial charge in [0.15, 0.2) is 0 Å². The predicted molar refractivity (Wildman–Crippen MR) is 92.1 cm³/mol. The lowest BCUT2D eigenvalue weighted by Crippen LogP contribution is -2.54. The van der Waals surface area contributed by atoms with Crippen molar-refractivity contribution in [1.82, 2.24) is 4.90 Å². The molecule has 0 aliphatic carbocycles. The number of halogens is 2. The van der Waals surface area contributed by atoms with Gasteiger partial charge in [-0.1, -0.05) is 6.08 Å². The molecule has 0 spiro atoms. The summed E-state index contributed by atoms with van der Waals surface area (Å²) >= 11 is 6.59. The van der Waals surface area contributed by atoms with Gasteiger partial charge in [-0.05, 0) is 78.3 Å². The summed E-state index contributed by atoms with van der Waals surface area (Å²) in [5.74, 6) is -0.380. The minimum Gasteiger partial charge on any atom is -0.467 e. The molecule has 0 aromatic rings. The molecule has 0 saturated carbocycles. The maximum Gasteiger partial charge on any atom is 0.411 e. The molecule has 126 valence electrons. The van der Waals surface area contributed by atoms with Crippen LogP contribution >= 0.6 is 31.9 Å². The minimum atomic E-state index is -0.941. The smallest absolute Gasteiger partial charge is 0.411 e. The molecule has 0 radical (unpaired) electrons. The molecule has 22 heavy (non-hydrogen) atoms. The standard InChI is InChI=1S/C15H23Br2NO4/c1-14(2,3)22-13(20)18-10-6-9-15(18,12(19)21-4)8-5-7-11(16)17/h7H,5-6,8-10H2,1-4H3. The van der Waals surface area contributed by atoms with Crippen LogP contribution in [0.4, 0.5) is 4.79 Å². The molecule has 7 heteroatoms. The Balaban J connectivity index is 2.99. The molecule has 1 heterocycles. The number of esters is 1. The Bertz CT molecular complexity index is 455. The van der Waals surface area contributed by atoms with Crippen LogP contribution in [0.15, 0.2) is 9.47 Å². The van der Waals surface area contributed by atoms with Crippen LogP contribution in [0.25, 0.3) is 0 Å². The molecule has 0 N–H and O–H groups in total. The second-order valence-electron chi connectivity index (χ2n) is 6.29. The van der Waals surface area contributed by atoms with E-state index in [0.29, 0.717) is 25.8 Å². The summed E-state index contributed by atoms with van der Waals surface area (Å²) in [5, 5.41) is 0. The van der Waals surface area contributed by atoms with Crippen molar-refractivity contribution in [3.8, 4) is 0 Å². The van der Waals surface area contributed by atoms with Gasteiger partial charge < -0.3 is 9.47 Å². The Labute approximate surface area is 148 Å². The lowest BCUT2D eigenvalue weighted by molar-refractivity contribution is -0.153. The molecule has 5 nitrogen and oxygen atoms in total. The van der Waals surface area contributed by atoms with Crippen molar-refractivity contribution < 1.29 is 19.1 Å². The molecule has 1 rings (SSSR count). The van der Waals surface area contributed by atoms with E-state index in [9.17, 15) is 9.59 Å². The quantitative estimate of drug-likeness (QED) is 0.610. The number of nitrogens with zero attached hydrogens (tertiary/aromatic N) is 1. The minimum absolute atomic E-state index is 0.380. The van der Waals surface area contributed by atoms with Crippen molar-refractivity contribution in [3.05, 3.63) is 9.47 Å². The first kappa shape index (κ1) is 19.5. The molecular formula is C15H23Br2NO4.